The van der Waals surface area contributed by atoms with Crippen LogP contribution in [-0.4, -0.2) is 49.9 Å². The van der Waals surface area contributed by atoms with Gasteiger partial charge in [-0.05, 0) is 56.7 Å². The molecule has 3 N–H and O–H groups in total. The molecule has 1 fully saturated rings. The number of nitrogens with zero attached hydrogens (tertiary/aromatic N) is 4. The summed E-state index contributed by atoms with van der Waals surface area (Å²) >= 11 is 0. The molecule has 13 heteroatoms. The lowest BCUT2D eigenvalue weighted by Crippen LogP contribution is -2.41. The molecule has 3 aromatic rings. The fourth-order valence-corrected chi connectivity index (χ4v) is 5.42. The first-order chi connectivity index (χ1) is 18.9. The number of imidazole rings is 1. The van der Waals surface area contributed by atoms with Crippen LogP contribution in [0.25, 0.3) is 0 Å². The number of carbonyl (C=O) groups is 1. The largest absolute Gasteiger partial charge is 0.394 e. The van der Waals surface area contributed by atoms with Crippen LogP contribution < -0.4 is 11.3 Å². The molecule has 2 aliphatic heterocycles. The van der Waals surface area contributed by atoms with E-state index in [-0.39, 0.29) is 35.3 Å². The minimum Gasteiger partial charge on any atom is -0.351 e. The molecule has 5 rings (SSSR count). The lowest BCUT2D eigenvalue weighted by molar-refractivity contribution is -0.128. The smallest absolute Gasteiger partial charge is 0.351 e. The third-order valence-electron chi connectivity index (χ3n) is 7.37. The number of halogens is 5. The Hall–Kier alpha value is -3.77. The summed E-state index contributed by atoms with van der Waals surface area (Å²) in [6.07, 6.45) is -1.04. The van der Waals surface area contributed by atoms with Gasteiger partial charge in [-0.15, -0.1) is 0 Å². The van der Waals surface area contributed by atoms with E-state index in [0.29, 0.717) is 38.2 Å². The zero-order valence-corrected chi connectivity index (χ0v) is 22.0. The van der Waals surface area contributed by atoms with Gasteiger partial charge in [-0.25, -0.2) is 23.7 Å². The maximum Gasteiger partial charge on any atom is 0.394 e. The summed E-state index contributed by atoms with van der Waals surface area (Å²) in [5, 5.41) is 6.34. The van der Waals surface area contributed by atoms with E-state index in [9.17, 15) is 31.5 Å². The Bertz CT molecular complexity index is 1370. The number of aromatic nitrogens is 4. The Morgan fingerprint density at radius 3 is 2.42 bits per heavy atom. The summed E-state index contributed by atoms with van der Waals surface area (Å²) in [4.78, 5) is 28.3. The van der Waals surface area contributed by atoms with E-state index >= 15 is 0 Å². The summed E-state index contributed by atoms with van der Waals surface area (Å²) in [6.45, 7) is 3.18. The second kappa shape index (κ2) is 12.2. The molecule has 2 aliphatic rings. The summed E-state index contributed by atoms with van der Waals surface area (Å²) in [6, 6.07) is 5.07. The molecule has 0 bridgehead atoms. The highest BCUT2D eigenvalue weighted by Crippen LogP contribution is 2.33. The van der Waals surface area contributed by atoms with E-state index in [1.165, 1.54) is 29.0 Å². The number of benzene rings is 1. The Labute approximate surface area is 227 Å². The lowest BCUT2D eigenvalue weighted by Gasteiger charge is -2.30. The Balaban J connectivity index is 0.000000194. The standard InChI is InChI=1S/C16H15F5N2.C11H16N4O2/c17-12-4-2-5-13(18)15(12)10-3-1-6-14-22-8-11(23(14)9-10)7-16(19,20)21;1-7-6-9(10(16)14-13-7)8-2-4-15(5-3-8)11(12)17/h2,4-5,8,10H,1,3,6-7,9H2;6,8H,2-5H2,1H3,(H2,12,17)(H,14,16). The number of aromatic amines is 1. The molecule has 2 amide bonds. The number of H-pyrrole nitrogens is 1. The molecule has 2 aromatic heterocycles. The fourth-order valence-electron chi connectivity index (χ4n) is 5.42. The number of likely N-dealkylation sites (tertiary alicyclic amines) is 1. The number of hydrogen-bond donors (Lipinski definition) is 2. The van der Waals surface area contributed by atoms with Crippen LogP contribution in [0.1, 0.15) is 65.9 Å². The zero-order valence-electron chi connectivity index (χ0n) is 22.0. The highest BCUT2D eigenvalue weighted by Gasteiger charge is 2.32. The lowest BCUT2D eigenvalue weighted by atomic mass is 9.90. The van der Waals surface area contributed by atoms with Gasteiger partial charge in [0.15, 0.2) is 0 Å². The first kappa shape index (κ1) is 29.2. The van der Waals surface area contributed by atoms with E-state index in [1.807, 2.05) is 13.0 Å². The van der Waals surface area contributed by atoms with Crippen LogP contribution in [0.15, 0.2) is 35.3 Å². The SMILES string of the molecule is Cc1cc(C2CCN(C(N)=O)CC2)c(=O)[nH]n1.Fc1cccc(F)c1C1CCCc2ncc(CC(F)(F)F)n2C1. The van der Waals surface area contributed by atoms with E-state index < -0.39 is 30.1 Å². The minimum atomic E-state index is -4.35. The maximum atomic E-state index is 14.0. The summed E-state index contributed by atoms with van der Waals surface area (Å²) in [5.41, 5.74) is 6.64. The summed E-state index contributed by atoms with van der Waals surface area (Å²) < 4.78 is 67.5. The first-order valence-electron chi connectivity index (χ1n) is 13.1. The molecule has 8 nitrogen and oxygen atoms in total. The molecule has 0 radical (unpaired) electrons. The van der Waals surface area contributed by atoms with E-state index in [1.54, 1.807) is 4.90 Å². The predicted octanol–water partition coefficient (Wildman–Crippen LogP) is 4.72. The molecular formula is C27H31F5N6O2. The van der Waals surface area contributed by atoms with Crippen molar-refractivity contribution in [3.05, 3.63) is 80.8 Å². The van der Waals surface area contributed by atoms with Crippen molar-refractivity contribution in [2.24, 2.45) is 5.73 Å². The van der Waals surface area contributed by atoms with Crippen molar-refractivity contribution < 1.29 is 26.7 Å². The van der Waals surface area contributed by atoms with Crippen molar-refractivity contribution in [2.45, 2.75) is 70.0 Å². The highest BCUT2D eigenvalue weighted by molar-refractivity contribution is 5.72. The van der Waals surface area contributed by atoms with Crippen LogP contribution in [0.4, 0.5) is 26.7 Å². The Morgan fingerprint density at radius 1 is 1.12 bits per heavy atom. The second-order valence-electron chi connectivity index (χ2n) is 10.2. The third-order valence-corrected chi connectivity index (χ3v) is 7.37. The fraction of sp³-hybridized carbons (Fsp3) is 0.481. The molecule has 216 valence electrons. The number of alkyl halides is 3. The minimum absolute atomic E-state index is 0.0381. The Morgan fingerprint density at radius 2 is 1.80 bits per heavy atom. The molecule has 0 spiro atoms. The Kier molecular flexibility index (Phi) is 8.89. The molecule has 40 heavy (non-hydrogen) atoms. The third kappa shape index (κ3) is 7.05. The topological polar surface area (TPSA) is 110 Å². The first-order valence-corrected chi connectivity index (χ1v) is 13.1. The van der Waals surface area contributed by atoms with Crippen molar-refractivity contribution in [2.75, 3.05) is 13.1 Å². The second-order valence-corrected chi connectivity index (χ2v) is 10.2. The maximum absolute atomic E-state index is 14.0. The molecule has 0 aliphatic carbocycles. The van der Waals surface area contributed by atoms with Crippen molar-refractivity contribution >= 4 is 6.03 Å². The molecule has 0 saturated carbocycles. The monoisotopic (exact) mass is 566 g/mol. The molecule has 1 saturated heterocycles. The average Bonchev–Trinajstić information content (AvgIpc) is 3.11. The number of fused-ring (bicyclic) bond motifs is 1. The number of hydrogen-bond acceptors (Lipinski definition) is 4. The number of primary amides is 1. The number of rotatable bonds is 3. The molecule has 1 atom stereocenters. The van der Waals surface area contributed by atoms with Crippen molar-refractivity contribution in [1.29, 1.82) is 0 Å². The van der Waals surface area contributed by atoms with Gasteiger partial charge in [0, 0.05) is 55.0 Å². The number of nitrogens with one attached hydrogen (secondary N) is 1. The summed E-state index contributed by atoms with van der Waals surface area (Å²) in [5.74, 6) is -1.08. The van der Waals surface area contributed by atoms with Crippen LogP contribution in [0, 0.1) is 18.6 Å². The van der Waals surface area contributed by atoms with Crippen LogP contribution in [0.2, 0.25) is 0 Å². The molecule has 1 aromatic carbocycles. The molecular weight excluding hydrogens is 535 g/mol. The van der Waals surface area contributed by atoms with Crippen LogP contribution in [0.3, 0.4) is 0 Å². The van der Waals surface area contributed by atoms with Crippen LogP contribution in [0.5, 0.6) is 0 Å². The number of amides is 2. The predicted molar refractivity (Wildman–Crippen MR) is 137 cm³/mol. The molecule has 4 heterocycles. The average molecular weight is 567 g/mol. The van der Waals surface area contributed by atoms with E-state index in [2.05, 4.69) is 15.2 Å². The summed E-state index contributed by atoms with van der Waals surface area (Å²) in [7, 11) is 0. The van der Waals surface area contributed by atoms with Crippen molar-refractivity contribution in [3.8, 4) is 0 Å². The van der Waals surface area contributed by atoms with Gasteiger partial charge in [0.25, 0.3) is 5.56 Å². The van der Waals surface area contributed by atoms with Gasteiger partial charge in [0.05, 0.1) is 12.1 Å². The quantitative estimate of drug-likeness (QED) is 0.447. The highest BCUT2D eigenvalue weighted by atomic mass is 19.4. The van der Waals surface area contributed by atoms with Crippen LogP contribution >= 0.6 is 0 Å². The number of aryl methyl sites for hydroxylation is 2. The normalized spacial score (nSPS) is 17.9. The molecule has 1 unspecified atom stereocenters. The number of carbonyl (C=O) groups excluding carboxylic acids is 1. The van der Waals surface area contributed by atoms with Gasteiger partial charge in [-0.2, -0.15) is 18.3 Å². The van der Waals surface area contributed by atoms with Gasteiger partial charge in [0.2, 0.25) is 0 Å². The van der Waals surface area contributed by atoms with Gasteiger partial charge in [0.1, 0.15) is 17.5 Å². The van der Waals surface area contributed by atoms with Crippen molar-refractivity contribution in [3.63, 3.8) is 0 Å². The van der Waals surface area contributed by atoms with Gasteiger partial charge >= 0.3 is 12.2 Å². The number of piperidine rings is 1. The van der Waals surface area contributed by atoms with Gasteiger partial charge in [-0.3, -0.25) is 4.79 Å². The van der Waals surface area contributed by atoms with Gasteiger partial charge in [-0.1, -0.05) is 6.07 Å². The number of nitrogens with two attached hydrogens (primary N) is 1. The number of urea groups is 1. The van der Waals surface area contributed by atoms with Crippen molar-refractivity contribution in [1.82, 2.24) is 24.6 Å². The van der Waals surface area contributed by atoms with E-state index in [4.69, 9.17) is 5.73 Å². The zero-order chi connectivity index (χ0) is 29.0. The van der Waals surface area contributed by atoms with Crippen LogP contribution in [-0.2, 0) is 19.4 Å². The van der Waals surface area contributed by atoms with Gasteiger partial charge < -0.3 is 15.2 Å². The van der Waals surface area contributed by atoms with E-state index in [0.717, 1.165) is 24.1 Å².